The predicted molar refractivity (Wildman–Crippen MR) is 64.4 cm³/mol. The van der Waals surface area contributed by atoms with Crippen LogP contribution in [0.5, 0.6) is 0 Å². The van der Waals surface area contributed by atoms with Gasteiger partial charge in [0, 0.05) is 11.2 Å². The lowest BCUT2D eigenvalue weighted by Crippen LogP contribution is -2.37. The quantitative estimate of drug-likeness (QED) is 0.434. The molecule has 0 aliphatic rings. The fraction of sp³-hybridized carbons (Fsp3) is 0.700. The van der Waals surface area contributed by atoms with Crippen LogP contribution in [-0.2, 0) is 14.4 Å². The highest BCUT2D eigenvalue weighted by Crippen LogP contribution is 2.18. The van der Waals surface area contributed by atoms with Gasteiger partial charge in [0.05, 0.1) is 13.1 Å². The molecule has 5 nitrogen and oxygen atoms in total. The Hall–Kier alpha value is -1.04. The second kappa shape index (κ2) is 7.27. The van der Waals surface area contributed by atoms with Crippen LogP contribution >= 0.6 is 12.6 Å². The van der Waals surface area contributed by atoms with Crippen molar-refractivity contribution in [3.63, 3.8) is 0 Å². The van der Waals surface area contributed by atoms with E-state index in [9.17, 15) is 14.4 Å². The Balaban J connectivity index is 3.65. The number of rotatable bonds is 7. The fourth-order valence-electron chi connectivity index (χ4n) is 0.905. The van der Waals surface area contributed by atoms with Gasteiger partial charge in [-0.1, -0.05) is 13.8 Å². The molecule has 0 radical (unpaired) electrons. The highest BCUT2D eigenvalue weighted by Gasteiger charge is 2.14. The van der Waals surface area contributed by atoms with Gasteiger partial charge in [-0.25, -0.2) is 0 Å². The summed E-state index contributed by atoms with van der Waals surface area (Å²) in [4.78, 5) is 32.2. The van der Waals surface area contributed by atoms with Gasteiger partial charge >= 0.3 is 0 Å². The fourth-order valence-corrected chi connectivity index (χ4v) is 1.02. The Morgan fingerprint density at radius 1 is 1.25 bits per heavy atom. The van der Waals surface area contributed by atoms with Crippen molar-refractivity contribution >= 4 is 30.7 Å². The highest BCUT2D eigenvalue weighted by atomic mass is 32.1. The largest absolute Gasteiger partial charge is 0.348 e. The van der Waals surface area contributed by atoms with Crippen molar-refractivity contribution in [1.82, 2.24) is 10.6 Å². The van der Waals surface area contributed by atoms with Gasteiger partial charge < -0.3 is 15.4 Å². The van der Waals surface area contributed by atoms with Crippen LogP contribution in [0.15, 0.2) is 0 Å². The van der Waals surface area contributed by atoms with Gasteiger partial charge in [0.2, 0.25) is 11.8 Å². The monoisotopic (exact) mass is 246 g/mol. The third-order valence-corrected chi connectivity index (χ3v) is 2.02. The van der Waals surface area contributed by atoms with Gasteiger partial charge in [0.25, 0.3) is 0 Å². The van der Waals surface area contributed by atoms with Crippen LogP contribution in [0.25, 0.3) is 0 Å². The standard InChI is InChI=1S/C10H18N2O3S/c1-10(2,16)4-3-8(14)12-7-9(15)11-5-6-13/h6,16H,3-5,7H2,1-2H3,(H,11,15)(H,12,14). The normalized spacial score (nSPS) is 10.7. The summed E-state index contributed by atoms with van der Waals surface area (Å²) in [5, 5.41) is 4.79. The van der Waals surface area contributed by atoms with E-state index in [2.05, 4.69) is 23.3 Å². The molecular weight excluding hydrogens is 228 g/mol. The molecule has 0 fully saturated rings. The van der Waals surface area contributed by atoms with Crippen molar-refractivity contribution in [3.05, 3.63) is 0 Å². The number of amides is 2. The molecule has 16 heavy (non-hydrogen) atoms. The van der Waals surface area contributed by atoms with E-state index in [1.165, 1.54) is 0 Å². The summed E-state index contributed by atoms with van der Waals surface area (Å²) in [5.74, 6) is -0.561. The third-order valence-electron chi connectivity index (χ3n) is 1.79. The number of thiol groups is 1. The van der Waals surface area contributed by atoms with Crippen LogP contribution in [0.2, 0.25) is 0 Å². The van der Waals surface area contributed by atoms with Crippen LogP contribution < -0.4 is 10.6 Å². The average molecular weight is 246 g/mol. The lowest BCUT2D eigenvalue weighted by atomic mass is 10.1. The van der Waals surface area contributed by atoms with Crippen LogP contribution in [0.4, 0.5) is 0 Å². The van der Waals surface area contributed by atoms with Gasteiger partial charge in [0.15, 0.2) is 0 Å². The van der Waals surface area contributed by atoms with Gasteiger partial charge in [-0.2, -0.15) is 12.6 Å². The smallest absolute Gasteiger partial charge is 0.239 e. The molecule has 6 heteroatoms. The maximum Gasteiger partial charge on any atom is 0.239 e. The van der Waals surface area contributed by atoms with Crippen molar-refractivity contribution in [2.75, 3.05) is 13.1 Å². The molecule has 0 saturated carbocycles. The number of hydrogen-bond donors (Lipinski definition) is 3. The zero-order valence-electron chi connectivity index (χ0n) is 9.58. The summed E-state index contributed by atoms with van der Waals surface area (Å²) < 4.78 is -0.197. The number of carbonyl (C=O) groups is 3. The minimum absolute atomic E-state index is 0.0294. The second-order valence-corrected chi connectivity index (χ2v) is 5.27. The van der Waals surface area contributed by atoms with E-state index in [-0.39, 0.29) is 29.7 Å². The molecule has 0 aromatic rings. The lowest BCUT2D eigenvalue weighted by molar-refractivity contribution is -0.126. The van der Waals surface area contributed by atoms with Crippen LogP contribution in [0, 0.1) is 0 Å². The topological polar surface area (TPSA) is 75.3 Å². The van der Waals surface area contributed by atoms with Gasteiger partial charge in [-0.05, 0) is 6.42 Å². The number of aldehydes is 1. The Kier molecular flexibility index (Phi) is 6.80. The Bertz CT molecular complexity index is 261. The second-order valence-electron chi connectivity index (χ2n) is 4.06. The summed E-state index contributed by atoms with van der Waals surface area (Å²) in [5.41, 5.74) is 0. The summed E-state index contributed by atoms with van der Waals surface area (Å²) in [6, 6.07) is 0. The maximum absolute atomic E-state index is 11.3. The molecule has 0 heterocycles. The molecule has 0 unspecified atom stereocenters. The van der Waals surface area contributed by atoms with Crippen molar-refractivity contribution in [3.8, 4) is 0 Å². The van der Waals surface area contributed by atoms with E-state index < -0.39 is 0 Å². The number of carbonyl (C=O) groups excluding carboxylic acids is 3. The van der Waals surface area contributed by atoms with Crippen LogP contribution in [0.3, 0.4) is 0 Å². The first-order valence-electron chi connectivity index (χ1n) is 5.04. The molecule has 0 aliphatic heterocycles. The first kappa shape index (κ1) is 15.0. The Labute approximate surface area is 101 Å². The number of hydrogen-bond acceptors (Lipinski definition) is 4. The van der Waals surface area contributed by atoms with Crippen molar-refractivity contribution in [1.29, 1.82) is 0 Å². The summed E-state index contributed by atoms with van der Waals surface area (Å²) in [6.45, 7) is 3.71. The molecule has 2 amide bonds. The van der Waals surface area contributed by atoms with E-state index >= 15 is 0 Å². The van der Waals surface area contributed by atoms with Gasteiger partial charge in [0.1, 0.15) is 6.29 Å². The maximum atomic E-state index is 11.3. The molecule has 0 spiro atoms. The lowest BCUT2D eigenvalue weighted by Gasteiger charge is -2.16. The molecule has 0 aromatic carbocycles. The Morgan fingerprint density at radius 3 is 2.38 bits per heavy atom. The van der Waals surface area contributed by atoms with Crippen molar-refractivity contribution < 1.29 is 14.4 Å². The predicted octanol–water partition coefficient (Wildman–Crippen LogP) is -0.0937. The Morgan fingerprint density at radius 2 is 1.88 bits per heavy atom. The van der Waals surface area contributed by atoms with Gasteiger partial charge in [-0.3, -0.25) is 9.59 Å². The molecule has 0 aromatic heterocycles. The molecule has 0 atom stereocenters. The van der Waals surface area contributed by atoms with Gasteiger partial charge in [-0.15, -0.1) is 0 Å². The molecule has 0 aliphatic carbocycles. The van der Waals surface area contributed by atoms with E-state index in [4.69, 9.17) is 0 Å². The molecule has 0 rings (SSSR count). The van der Waals surface area contributed by atoms with E-state index in [1.54, 1.807) is 0 Å². The van der Waals surface area contributed by atoms with E-state index in [1.807, 2.05) is 13.8 Å². The van der Waals surface area contributed by atoms with E-state index in [0.29, 0.717) is 19.1 Å². The minimum Gasteiger partial charge on any atom is -0.348 e. The first-order valence-corrected chi connectivity index (χ1v) is 5.49. The highest BCUT2D eigenvalue weighted by molar-refractivity contribution is 7.81. The zero-order chi connectivity index (χ0) is 12.6. The van der Waals surface area contributed by atoms with E-state index in [0.717, 1.165) is 0 Å². The molecular formula is C10H18N2O3S. The first-order chi connectivity index (χ1) is 7.35. The van der Waals surface area contributed by atoms with Crippen molar-refractivity contribution in [2.24, 2.45) is 0 Å². The number of nitrogens with one attached hydrogen (secondary N) is 2. The van der Waals surface area contributed by atoms with Crippen molar-refractivity contribution in [2.45, 2.75) is 31.4 Å². The average Bonchev–Trinajstić information content (AvgIpc) is 2.19. The molecule has 92 valence electrons. The molecule has 0 bridgehead atoms. The summed E-state index contributed by atoms with van der Waals surface area (Å²) in [7, 11) is 0. The minimum atomic E-state index is -0.370. The summed E-state index contributed by atoms with van der Waals surface area (Å²) in [6.07, 6.45) is 1.55. The third kappa shape index (κ3) is 9.51. The summed E-state index contributed by atoms with van der Waals surface area (Å²) >= 11 is 4.29. The molecule has 0 saturated heterocycles. The van der Waals surface area contributed by atoms with Crippen LogP contribution in [0.1, 0.15) is 26.7 Å². The SMILES string of the molecule is CC(C)(S)CCC(=O)NCC(=O)NCC=O. The zero-order valence-corrected chi connectivity index (χ0v) is 10.5. The molecule has 2 N–H and O–H groups in total. The van der Waals surface area contributed by atoms with Crippen LogP contribution in [-0.4, -0.2) is 35.9 Å².